The average Bonchev–Trinajstić information content (AvgIpc) is 2.66. The second-order valence-corrected chi connectivity index (χ2v) is 4.92. The lowest BCUT2D eigenvalue weighted by Gasteiger charge is -2.06. The quantitative estimate of drug-likeness (QED) is 0.473. The second-order valence-electron chi connectivity index (χ2n) is 4.92. The Bertz CT molecular complexity index is 407. The van der Waals surface area contributed by atoms with Crippen molar-refractivity contribution in [2.24, 2.45) is 11.5 Å². The molecule has 0 spiro atoms. The van der Waals surface area contributed by atoms with Crippen LogP contribution in [0, 0.1) is 0 Å². The summed E-state index contributed by atoms with van der Waals surface area (Å²) in [7, 11) is 0. The molecule has 0 atom stereocenters. The fourth-order valence-electron chi connectivity index (χ4n) is 1.62. The van der Waals surface area contributed by atoms with E-state index in [-0.39, 0.29) is 6.61 Å². The van der Waals surface area contributed by atoms with E-state index in [0.29, 0.717) is 52.8 Å². The molecule has 0 aliphatic carbocycles. The summed E-state index contributed by atoms with van der Waals surface area (Å²) in [5.74, 6) is 0. The SMILES string of the molecule is CCOCCOCCOCCOCCN.NC(=O)OCc1ccccc1. The predicted molar refractivity (Wildman–Crippen MR) is 98.8 cm³/mol. The molecule has 0 saturated carbocycles. The van der Waals surface area contributed by atoms with E-state index in [4.69, 9.17) is 30.4 Å². The lowest BCUT2D eigenvalue weighted by molar-refractivity contribution is 0.000383. The van der Waals surface area contributed by atoms with Gasteiger partial charge in [0.1, 0.15) is 6.61 Å². The molecule has 0 heterocycles. The first-order chi connectivity index (χ1) is 12.7. The number of hydrogen-bond donors (Lipinski definition) is 2. The molecular weight excluding hydrogens is 340 g/mol. The van der Waals surface area contributed by atoms with E-state index in [9.17, 15) is 4.79 Å². The van der Waals surface area contributed by atoms with Crippen LogP contribution in [0.15, 0.2) is 30.3 Å². The van der Waals surface area contributed by atoms with Crippen molar-refractivity contribution >= 4 is 6.09 Å². The first-order valence-electron chi connectivity index (χ1n) is 8.67. The molecule has 1 aromatic carbocycles. The summed E-state index contributed by atoms with van der Waals surface area (Å²) < 4.78 is 25.3. The van der Waals surface area contributed by atoms with E-state index in [2.05, 4.69) is 4.74 Å². The van der Waals surface area contributed by atoms with Crippen LogP contribution in [-0.4, -0.2) is 65.5 Å². The smallest absolute Gasteiger partial charge is 0.404 e. The van der Waals surface area contributed by atoms with Crippen LogP contribution < -0.4 is 11.5 Å². The van der Waals surface area contributed by atoms with Gasteiger partial charge in [-0.2, -0.15) is 0 Å². The van der Waals surface area contributed by atoms with Gasteiger partial charge in [-0.1, -0.05) is 30.3 Å². The Morgan fingerprint density at radius 1 is 0.846 bits per heavy atom. The van der Waals surface area contributed by atoms with Crippen molar-refractivity contribution in [2.45, 2.75) is 13.5 Å². The first kappa shape index (κ1) is 24.3. The van der Waals surface area contributed by atoms with Crippen molar-refractivity contribution in [1.82, 2.24) is 0 Å². The minimum Gasteiger partial charge on any atom is -0.445 e. The summed E-state index contributed by atoms with van der Waals surface area (Å²) in [6, 6.07) is 9.37. The molecule has 0 radical (unpaired) electrons. The molecule has 0 aliphatic rings. The molecule has 26 heavy (non-hydrogen) atoms. The zero-order valence-corrected chi connectivity index (χ0v) is 15.6. The van der Waals surface area contributed by atoms with Crippen LogP contribution >= 0.6 is 0 Å². The first-order valence-corrected chi connectivity index (χ1v) is 8.67. The molecule has 0 bridgehead atoms. The van der Waals surface area contributed by atoms with Crippen molar-refractivity contribution in [3.8, 4) is 0 Å². The highest BCUT2D eigenvalue weighted by Crippen LogP contribution is 1.99. The van der Waals surface area contributed by atoms with Gasteiger partial charge in [0.2, 0.25) is 0 Å². The number of rotatable bonds is 14. The lowest BCUT2D eigenvalue weighted by Crippen LogP contribution is -2.14. The van der Waals surface area contributed by atoms with Gasteiger partial charge in [0.05, 0.1) is 46.2 Å². The van der Waals surface area contributed by atoms with Crippen LogP contribution in [0.3, 0.4) is 0 Å². The number of nitrogens with two attached hydrogens (primary N) is 2. The molecule has 0 aromatic heterocycles. The maximum atomic E-state index is 10.2. The predicted octanol–water partition coefficient (Wildman–Crippen LogP) is 1.31. The van der Waals surface area contributed by atoms with Gasteiger partial charge in [-0.15, -0.1) is 0 Å². The fourth-order valence-corrected chi connectivity index (χ4v) is 1.62. The average molecular weight is 372 g/mol. The van der Waals surface area contributed by atoms with E-state index < -0.39 is 6.09 Å². The van der Waals surface area contributed by atoms with Crippen LogP contribution in [-0.2, 0) is 30.3 Å². The van der Waals surface area contributed by atoms with Crippen LogP contribution in [0.4, 0.5) is 4.79 Å². The summed E-state index contributed by atoms with van der Waals surface area (Å²) in [6.45, 7) is 7.75. The number of amides is 1. The normalized spacial score (nSPS) is 10.1. The van der Waals surface area contributed by atoms with Gasteiger partial charge in [0, 0.05) is 13.2 Å². The standard InChI is InChI=1S/C10H23NO4.C8H9NO2/c1-2-12-5-6-14-9-10-15-8-7-13-4-3-11;9-8(10)11-6-7-4-2-1-3-5-7/h2-11H2,1H3;1-5H,6H2,(H2,9,10). The van der Waals surface area contributed by atoms with Gasteiger partial charge in [0.15, 0.2) is 0 Å². The van der Waals surface area contributed by atoms with Crippen molar-refractivity contribution in [3.05, 3.63) is 35.9 Å². The Balaban J connectivity index is 0.000000502. The monoisotopic (exact) mass is 372 g/mol. The van der Waals surface area contributed by atoms with E-state index in [0.717, 1.165) is 12.2 Å². The summed E-state index contributed by atoms with van der Waals surface area (Å²) in [5, 5.41) is 0. The lowest BCUT2D eigenvalue weighted by atomic mass is 10.2. The number of benzene rings is 1. The Morgan fingerprint density at radius 2 is 1.35 bits per heavy atom. The summed E-state index contributed by atoms with van der Waals surface area (Å²) in [6.07, 6.45) is -0.742. The molecule has 150 valence electrons. The van der Waals surface area contributed by atoms with Crippen LogP contribution in [0.5, 0.6) is 0 Å². The molecule has 0 saturated heterocycles. The highest BCUT2D eigenvalue weighted by molar-refractivity contribution is 5.64. The molecule has 1 aromatic rings. The molecule has 1 amide bonds. The largest absolute Gasteiger partial charge is 0.445 e. The highest BCUT2D eigenvalue weighted by Gasteiger charge is 1.94. The molecule has 8 heteroatoms. The number of hydrogen-bond acceptors (Lipinski definition) is 7. The highest BCUT2D eigenvalue weighted by atomic mass is 16.6. The van der Waals surface area contributed by atoms with Crippen molar-refractivity contribution in [2.75, 3.05) is 59.4 Å². The molecular formula is C18H32N2O6. The van der Waals surface area contributed by atoms with Gasteiger partial charge < -0.3 is 35.2 Å². The second kappa shape index (κ2) is 19.6. The summed E-state index contributed by atoms with van der Waals surface area (Å²) in [5.41, 5.74) is 11.0. The van der Waals surface area contributed by atoms with Crippen LogP contribution in [0.25, 0.3) is 0 Å². The van der Waals surface area contributed by atoms with Crippen molar-refractivity contribution in [1.29, 1.82) is 0 Å². The maximum Gasteiger partial charge on any atom is 0.404 e. The molecule has 0 fully saturated rings. The third kappa shape index (κ3) is 18.6. The minimum absolute atomic E-state index is 0.246. The molecule has 4 N–H and O–H groups in total. The van der Waals surface area contributed by atoms with Crippen molar-refractivity contribution in [3.63, 3.8) is 0 Å². The number of carbonyl (C=O) groups is 1. The van der Waals surface area contributed by atoms with E-state index >= 15 is 0 Å². The summed E-state index contributed by atoms with van der Waals surface area (Å²) >= 11 is 0. The molecule has 0 aliphatic heterocycles. The van der Waals surface area contributed by atoms with Gasteiger partial charge in [-0.25, -0.2) is 4.79 Å². The molecule has 8 nitrogen and oxygen atoms in total. The molecule has 1 rings (SSSR count). The number of ether oxygens (including phenoxy) is 5. The van der Waals surface area contributed by atoms with Gasteiger partial charge >= 0.3 is 6.09 Å². The Labute approximate surface area is 155 Å². The zero-order chi connectivity index (χ0) is 19.3. The van der Waals surface area contributed by atoms with E-state index in [1.165, 1.54) is 0 Å². The Kier molecular flexibility index (Phi) is 18.3. The fraction of sp³-hybridized carbons (Fsp3) is 0.611. The minimum atomic E-state index is -0.742. The Morgan fingerprint density at radius 3 is 1.81 bits per heavy atom. The Hall–Kier alpha value is -1.71. The zero-order valence-electron chi connectivity index (χ0n) is 15.6. The molecule has 0 unspecified atom stereocenters. The number of primary amides is 1. The van der Waals surface area contributed by atoms with Gasteiger partial charge in [-0.3, -0.25) is 0 Å². The summed E-state index contributed by atoms with van der Waals surface area (Å²) in [4.78, 5) is 10.2. The van der Waals surface area contributed by atoms with E-state index in [1.54, 1.807) is 0 Å². The van der Waals surface area contributed by atoms with Crippen LogP contribution in [0.2, 0.25) is 0 Å². The third-order valence-corrected chi connectivity index (χ3v) is 2.81. The maximum absolute atomic E-state index is 10.2. The van der Waals surface area contributed by atoms with E-state index in [1.807, 2.05) is 37.3 Å². The van der Waals surface area contributed by atoms with Gasteiger partial charge in [0.25, 0.3) is 0 Å². The van der Waals surface area contributed by atoms with Crippen molar-refractivity contribution < 1.29 is 28.5 Å². The number of carbonyl (C=O) groups excluding carboxylic acids is 1. The van der Waals surface area contributed by atoms with Gasteiger partial charge in [-0.05, 0) is 12.5 Å². The third-order valence-electron chi connectivity index (χ3n) is 2.81. The topological polar surface area (TPSA) is 115 Å². The van der Waals surface area contributed by atoms with Crippen LogP contribution in [0.1, 0.15) is 12.5 Å².